The summed E-state index contributed by atoms with van der Waals surface area (Å²) in [4.78, 5) is 11.8. The van der Waals surface area contributed by atoms with Crippen molar-refractivity contribution in [1.82, 2.24) is 0 Å². The summed E-state index contributed by atoms with van der Waals surface area (Å²) in [7, 11) is 0. The Morgan fingerprint density at radius 1 is 0.950 bits per heavy atom. The number of carbonyl (C=O) groups excluding carboxylic acids is 1. The molecule has 2 heteroatoms. The Labute approximate surface area is 121 Å². The van der Waals surface area contributed by atoms with Crippen LogP contribution in [0.1, 0.15) is 29.8 Å². The van der Waals surface area contributed by atoms with Gasteiger partial charge in [-0.2, -0.15) is 0 Å². The zero-order valence-electron chi connectivity index (χ0n) is 12.1. The van der Waals surface area contributed by atoms with E-state index in [4.69, 9.17) is 5.11 Å². The summed E-state index contributed by atoms with van der Waals surface area (Å²) in [6.07, 6.45) is 1.43. The van der Waals surface area contributed by atoms with Crippen molar-refractivity contribution in [2.75, 3.05) is 6.61 Å². The summed E-state index contributed by atoms with van der Waals surface area (Å²) in [5, 5.41) is 7.76. The van der Waals surface area contributed by atoms with Crippen molar-refractivity contribution in [3.8, 4) is 0 Å². The number of aliphatic hydroxyl groups is 1. The number of rotatable bonds is 3. The van der Waals surface area contributed by atoms with E-state index in [1.807, 2.05) is 74.5 Å². The van der Waals surface area contributed by atoms with Crippen molar-refractivity contribution in [3.63, 3.8) is 0 Å². The Kier molecular flexibility index (Phi) is 10.6. The lowest BCUT2D eigenvalue weighted by molar-refractivity contribution is 0.103. The van der Waals surface area contributed by atoms with Gasteiger partial charge in [-0.05, 0) is 0 Å². The molecule has 0 amide bonds. The van der Waals surface area contributed by atoms with Crippen LogP contribution in [0, 0.1) is 0 Å². The molecule has 0 radical (unpaired) electrons. The molecule has 0 heterocycles. The van der Waals surface area contributed by atoms with E-state index in [2.05, 4.69) is 6.58 Å². The first-order valence-corrected chi connectivity index (χ1v) is 6.66. The highest BCUT2D eigenvalue weighted by molar-refractivity contribution is 6.08. The second kappa shape index (κ2) is 11.9. The molecular formula is C18H22O2. The fraction of sp³-hybridized carbons (Fsp3) is 0.167. The van der Waals surface area contributed by atoms with Crippen molar-refractivity contribution in [2.24, 2.45) is 0 Å². The van der Waals surface area contributed by atoms with E-state index < -0.39 is 0 Å². The van der Waals surface area contributed by atoms with Crippen LogP contribution in [0.2, 0.25) is 0 Å². The maximum atomic E-state index is 11.8. The molecule has 2 rings (SSSR count). The predicted molar refractivity (Wildman–Crippen MR) is 84.9 cm³/mol. The van der Waals surface area contributed by atoms with E-state index in [9.17, 15) is 4.79 Å². The molecule has 0 saturated carbocycles. The largest absolute Gasteiger partial charge is 0.392 e. The van der Waals surface area contributed by atoms with Gasteiger partial charge >= 0.3 is 0 Å². The molecule has 0 aliphatic heterocycles. The molecule has 0 aromatic heterocycles. The Bertz CT molecular complexity index is 434. The van der Waals surface area contributed by atoms with Crippen molar-refractivity contribution in [1.29, 1.82) is 0 Å². The van der Waals surface area contributed by atoms with Crippen LogP contribution < -0.4 is 0 Å². The maximum absolute atomic E-state index is 11.8. The van der Waals surface area contributed by atoms with Crippen LogP contribution in [0.25, 0.3) is 0 Å². The normalized spacial score (nSPS) is 8.35. The summed E-state index contributed by atoms with van der Waals surface area (Å²) in [6, 6.07) is 18.6. The molecule has 2 nitrogen and oxygen atoms in total. The van der Waals surface area contributed by atoms with E-state index in [1.165, 1.54) is 6.08 Å². The van der Waals surface area contributed by atoms with E-state index in [-0.39, 0.29) is 12.4 Å². The molecule has 0 saturated heterocycles. The van der Waals surface area contributed by atoms with Gasteiger partial charge in [0.2, 0.25) is 0 Å². The van der Waals surface area contributed by atoms with Crippen LogP contribution in [0.4, 0.5) is 0 Å². The number of benzene rings is 2. The van der Waals surface area contributed by atoms with Gasteiger partial charge in [0.1, 0.15) is 0 Å². The van der Waals surface area contributed by atoms with Crippen LogP contribution in [0.5, 0.6) is 0 Å². The monoisotopic (exact) mass is 270 g/mol. The molecule has 1 N–H and O–H groups in total. The van der Waals surface area contributed by atoms with Crippen molar-refractivity contribution < 1.29 is 9.90 Å². The zero-order valence-corrected chi connectivity index (χ0v) is 12.1. The van der Waals surface area contributed by atoms with Crippen LogP contribution in [-0.2, 0) is 0 Å². The number of hydrogen-bond acceptors (Lipinski definition) is 2. The number of hydrogen-bond donors (Lipinski definition) is 1. The molecule has 0 spiro atoms. The summed E-state index contributed by atoms with van der Waals surface area (Å²) < 4.78 is 0. The minimum atomic E-state index is 0.0752. The summed E-state index contributed by atoms with van der Waals surface area (Å²) in [6.45, 7) is 7.31. The molecule has 2 aromatic carbocycles. The SMILES string of the molecule is C=CCO.CC.O=C(c1ccccc1)c1ccccc1. The van der Waals surface area contributed by atoms with Crippen LogP contribution >= 0.6 is 0 Å². The highest BCUT2D eigenvalue weighted by atomic mass is 16.2. The molecule has 0 aliphatic carbocycles. The van der Waals surface area contributed by atoms with Gasteiger partial charge < -0.3 is 5.11 Å². The molecule has 0 bridgehead atoms. The second-order valence-corrected chi connectivity index (χ2v) is 3.53. The number of carbonyl (C=O) groups is 1. The first-order valence-electron chi connectivity index (χ1n) is 6.66. The van der Waals surface area contributed by atoms with Gasteiger partial charge in [0.05, 0.1) is 6.61 Å². The van der Waals surface area contributed by atoms with Gasteiger partial charge in [0.25, 0.3) is 0 Å². The molecule has 20 heavy (non-hydrogen) atoms. The third kappa shape index (κ3) is 6.66. The summed E-state index contributed by atoms with van der Waals surface area (Å²) in [5.74, 6) is 0.0752. The van der Waals surface area contributed by atoms with E-state index in [1.54, 1.807) is 0 Å². The Balaban J connectivity index is 0.000000521. The van der Waals surface area contributed by atoms with Crippen molar-refractivity contribution in [2.45, 2.75) is 13.8 Å². The van der Waals surface area contributed by atoms with Crippen LogP contribution in [-0.4, -0.2) is 17.5 Å². The summed E-state index contributed by atoms with van der Waals surface area (Å²) in [5.41, 5.74) is 1.47. The maximum Gasteiger partial charge on any atom is 0.193 e. The highest BCUT2D eigenvalue weighted by Gasteiger charge is 2.06. The first kappa shape index (κ1) is 17.8. The highest BCUT2D eigenvalue weighted by Crippen LogP contribution is 2.08. The lowest BCUT2D eigenvalue weighted by Crippen LogP contribution is -1.99. The molecule has 0 aliphatic rings. The van der Waals surface area contributed by atoms with Gasteiger partial charge in [0, 0.05) is 11.1 Å². The number of aliphatic hydroxyl groups excluding tert-OH is 1. The van der Waals surface area contributed by atoms with Gasteiger partial charge in [-0.3, -0.25) is 4.79 Å². The minimum absolute atomic E-state index is 0.0752. The Hall–Kier alpha value is -2.19. The van der Waals surface area contributed by atoms with Crippen molar-refractivity contribution >= 4 is 5.78 Å². The van der Waals surface area contributed by atoms with Crippen molar-refractivity contribution in [3.05, 3.63) is 84.4 Å². The first-order chi connectivity index (χ1) is 9.79. The standard InChI is InChI=1S/C13H10O.C3H6O.C2H6/c14-13(11-7-3-1-4-8-11)12-9-5-2-6-10-12;1-2-3-4;1-2/h1-10H;2,4H,1,3H2;1-2H3. The quantitative estimate of drug-likeness (QED) is 0.673. The lowest BCUT2D eigenvalue weighted by atomic mass is 10.0. The van der Waals surface area contributed by atoms with E-state index in [0.717, 1.165) is 11.1 Å². The average Bonchev–Trinajstić information content (AvgIpc) is 2.58. The fourth-order valence-electron chi connectivity index (χ4n) is 1.35. The fourth-order valence-corrected chi connectivity index (χ4v) is 1.35. The molecular weight excluding hydrogens is 248 g/mol. The third-order valence-electron chi connectivity index (χ3n) is 2.20. The van der Waals surface area contributed by atoms with Crippen LogP contribution in [0.3, 0.4) is 0 Å². The van der Waals surface area contributed by atoms with Gasteiger partial charge in [0.15, 0.2) is 5.78 Å². The Morgan fingerprint density at radius 3 is 1.50 bits per heavy atom. The smallest absolute Gasteiger partial charge is 0.193 e. The summed E-state index contributed by atoms with van der Waals surface area (Å²) >= 11 is 0. The molecule has 0 unspecified atom stereocenters. The second-order valence-electron chi connectivity index (χ2n) is 3.53. The van der Waals surface area contributed by atoms with Gasteiger partial charge in [-0.1, -0.05) is 80.6 Å². The number of ketones is 1. The lowest BCUT2D eigenvalue weighted by Gasteiger charge is -1.99. The van der Waals surface area contributed by atoms with Gasteiger partial charge in [-0.15, -0.1) is 6.58 Å². The van der Waals surface area contributed by atoms with E-state index in [0.29, 0.717) is 0 Å². The van der Waals surface area contributed by atoms with E-state index >= 15 is 0 Å². The molecule has 106 valence electrons. The minimum Gasteiger partial charge on any atom is -0.392 e. The average molecular weight is 270 g/mol. The zero-order chi connectivity index (χ0) is 15.2. The van der Waals surface area contributed by atoms with Gasteiger partial charge in [-0.25, -0.2) is 0 Å². The predicted octanol–water partition coefficient (Wildman–Crippen LogP) is 4.11. The molecule has 0 atom stereocenters. The molecule has 2 aromatic rings. The topological polar surface area (TPSA) is 37.3 Å². The Morgan fingerprint density at radius 2 is 1.25 bits per heavy atom. The van der Waals surface area contributed by atoms with Crippen LogP contribution in [0.15, 0.2) is 73.3 Å². The molecule has 0 fully saturated rings. The third-order valence-corrected chi connectivity index (χ3v) is 2.20.